The van der Waals surface area contributed by atoms with E-state index in [9.17, 15) is 4.79 Å². The Morgan fingerprint density at radius 1 is 1.29 bits per heavy atom. The van der Waals surface area contributed by atoms with Crippen LogP contribution >= 0.6 is 0 Å². The summed E-state index contributed by atoms with van der Waals surface area (Å²) in [6.45, 7) is 5.98. The minimum atomic E-state index is -0.206. The van der Waals surface area contributed by atoms with Gasteiger partial charge in [0.1, 0.15) is 5.60 Å². The van der Waals surface area contributed by atoms with Crippen molar-refractivity contribution in [2.75, 3.05) is 13.1 Å². The number of benzene rings is 1. The highest BCUT2D eigenvalue weighted by Gasteiger charge is 2.43. The van der Waals surface area contributed by atoms with Crippen molar-refractivity contribution in [3.05, 3.63) is 35.9 Å². The van der Waals surface area contributed by atoms with Gasteiger partial charge in [-0.05, 0) is 43.6 Å². The summed E-state index contributed by atoms with van der Waals surface area (Å²) in [6.07, 6.45) is 7.80. The summed E-state index contributed by atoms with van der Waals surface area (Å²) in [4.78, 5) is 14.3. The summed E-state index contributed by atoms with van der Waals surface area (Å²) >= 11 is 0. The van der Waals surface area contributed by atoms with Gasteiger partial charge < -0.3 is 4.74 Å². The minimum Gasteiger partial charge on any atom is -0.459 e. The fraction of sp³-hybridized carbons (Fsp3) is 0.667. The lowest BCUT2D eigenvalue weighted by Crippen LogP contribution is -2.54. The third-order valence-corrected chi connectivity index (χ3v) is 5.90. The minimum absolute atomic E-state index is 0.113. The van der Waals surface area contributed by atoms with Gasteiger partial charge in [-0.3, -0.25) is 9.69 Å². The third-order valence-electron chi connectivity index (χ3n) is 5.90. The fourth-order valence-corrected chi connectivity index (χ4v) is 4.66. The van der Waals surface area contributed by atoms with Crippen molar-refractivity contribution < 1.29 is 9.53 Å². The number of fused-ring (bicyclic) bond motifs is 1. The van der Waals surface area contributed by atoms with Crippen LogP contribution in [0.25, 0.3) is 0 Å². The van der Waals surface area contributed by atoms with Gasteiger partial charge in [0.15, 0.2) is 0 Å². The molecule has 0 saturated carbocycles. The van der Waals surface area contributed by atoms with Gasteiger partial charge in [0.2, 0.25) is 0 Å². The van der Waals surface area contributed by atoms with Crippen LogP contribution in [-0.2, 0) is 9.53 Å². The van der Waals surface area contributed by atoms with Crippen molar-refractivity contribution in [3.8, 4) is 0 Å². The summed E-state index contributed by atoms with van der Waals surface area (Å²) in [6, 6.07) is 11.5. The molecule has 3 nitrogen and oxygen atoms in total. The molecule has 1 aromatic carbocycles. The van der Waals surface area contributed by atoms with Crippen LogP contribution in [0.2, 0.25) is 0 Å². The van der Waals surface area contributed by atoms with E-state index in [-0.39, 0.29) is 11.6 Å². The van der Waals surface area contributed by atoms with E-state index in [1.54, 1.807) is 6.92 Å². The zero-order chi connectivity index (χ0) is 17.0. The molecule has 24 heavy (non-hydrogen) atoms. The van der Waals surface area contributed by atoms with Gasteiger partial charge in [0, 0.05) is 32.5 Å². The van der Waals surface area contributed by atoms with Gasteiger partial charge in [-0.1, -0.05) is 43.7 Å². The first-order valence-corrected chi connectivity index (χ1v) is 9.60. The molecule has 3 heteroatoms. The molecule has 0 N–H and O–H groups in total. The number of esters is 1. The highest BCUT2D eigenvalue weighted by atomic mass is 16.6. The molecular weight excluding hydrogens is 298 g/mol. The maximum absolute atomic E-state index is 11.6. The van der Waals surface area contributed by atoms with Gasteiger partial charge in [0.25, 0.3) is 0 Å². The Morgan fingerprint density at radius 2 is 2.08 bits per heavy atom. The maximum atomic E-state index is 11.6. The normalized spacial score (nSPS) is 30.6. The average Bonchev–Trinajstić information content (AvgIpc) is 2.60. The molecular formula is C21H31NO2. The first-order chi connectivity index (χ1) is 11.6. The predicted octanol–water partition coefficient (Wildman–Crippen LogP) is 4.52. The summed E-state index contributed by atoms with van der Waals surface area (Å²) in [5, 5.41) is 0. The summed E-state index contributed by atoms with van der Waals surface area (Å²) < 4.78 is 5.88. The van der Waals surface area contributed by atoms with Crippen LogP contribution in [0.1, 0.15) is 70.3 Å². The maximum Gasteiger partial charge on any atom is 0.303 e. The lowest BCUT2D eigenvalue weighted by Gasteiger charge is -2.49. The highest BCUT2D eigenvalue weighted by Crippen LogP contribution is 2.41. The molecule has 2 saturated heterocycles. The van der Waals surface area contributed by atoms with Crippen LogP contribution in [0.5, 0.6) is 0 Å². The number of rotatable bonds is 5. The first-order valence-electron chi connectivity index (χ1n) is 9.60. The molecule has 0 aromatic heterocycles. The van der Waals surface area contributed by atoms with Crippen molar-refractivity contribution in [1.29, 1.82) is 0 Å². The second-order valence-corrected chi connectivity index (χ2v) is 7.67. The first kappa shape index (κ1) is 17.5. The number of carbonyl (C=O) groups is 1. The standard InChI is InChI=1S/C21H31NO2/c1-3-4-12-21(24-17(2)23)13-14-22-16-19(10-11-20(22)15-21)18-8-6-5-7-9-18/h5-9,19-20H,3-4,10-16H2,1-2H3/t19-,20+,21-/m0/s1. The van der Waals surface area contributed by atoms with E-state index < -0.39 is 0 Å². The largest absolute Gasteiger partial charge is 0.459 e. The lowest BCUT2D eigenvalue weighted by atomic mass is 9.76. The van der Waals surface area contributed by atoms with E-state index in [1.165, 1.54) is 18.4 Å². The second-order valence-electron chi connectivity index (χ2n) is 7.67. The zero-order valence-electron chi connectivity index (χ0n) is 15.2. The number of unbranched alkanes of at least 4 members (excludes halogenated alkanes) is 1. The zero-order valence-corrected chi connectivity index (χ0v) is 15.2. The Hall–Kier alpha value is -1.35. The Morgan fingerprint density at radius 3 is 2.79 bits per heavy atom. The summed E-state index contributed by atoms with van der Waals surface area (Å²) in [5.41, 5.74) is 1.27. The second kappa shape index (κ2) is 7.69. The van der Waals surface area contributed by atoms with Crippen molar-refractivity contribution in [2.45, 2.75) is 76.4 Å². The van der Waals surface area contributed by atoms with E-state index in [0.29, 0.717) is 12.0 Å². The molecule has 0 spiro atoms. The molecule has 0 aliphatic carbocycles. The molecule has 132 valence electrons. The number of piperidine rings is 2. The molecule has 0 amide bonds. The van der Waals surface area contributed by atoms with Gasteiger partial charge in [-0.15, -0.1) is 0 Å². The molecule has 0 radical (unpaired) electrons. The van der Waals surface area contributed by atoms with Gasteiger partial charge in [-0.2, -0.15) is 0 Å². The van der Waals surface area contributed by atoms with Crippen LogP contribution in [0.4, 0.5) is 0 Å². The van der Waals surface area contributed by atoms with Crippen LogP contribution in [0.3, 0.4) is 0 Å². The molecule has 2 fully saturated rings. The predicted molar refractivity (Wildman–Crippen MR) is 97.0 cm³/mol. The van der Waals surface area contributed by atoms with Crippen molar-refractivity contribution in [1.82, 2.24) is 4.90 Å². The Labute approximate surface area is 146 Å². The molecule has 1 aromatic rings. The van der Waals surface area contributed by atoms with Crippen molar-refractivity contribution >= 4 is 5.97 Å². The SMILES string of the molecule is CCCC[C@]1(OC(C)=O)CCN2C[C@@H](c3ccccc3)CC[C@@H]2C1. The van der Waals surface area contributed by atoms with E-state index in [1.807, 2.05) is 0 Å². The number of nitrogens with zero attached hydrogens (tertiary/aromatic N) is 1. The molecule has 3 atom stereocenters. The van der Waals surface area contributed by atoms with E-state index >= 15 is 0 Å². The van der Waals surface area contributed by atoms with E-state index in [4.69, 9.17) is 4.74 Å². The molecule has 2 aliphatic heterocycles. The monoisotopic (exact) mass is 329 g/mol. The molecule has 2 heterocycles. The van der Waals surface area contributed by atoms with Gasteiger partial charge in [-0.25, -0.2) is 0 Å². The quantitative estimate of drug-likeness (QED) is 0.744. The van der Waals surface area contributed by atoms with Crippen LogP contribution in [0, 0.1) is 0 Å². The smallest absolute Gasteiger partial charge is 0.303 e. The van der Waals surface area contributed by atoms with Crippen LogP contribution in [-0.4, -0.2) is 35.6 Å². The summed E-state index contributed by atoms with van der Waals surface area (Å²) in [7, 11) is 0. The van der Waals surface area contributed by atoms with Gasteiger partial charge >= 0.3 is 5.97 Å². The lowest BCUT2D eigenvalue weighted by molar-refractivity contribution is -0.167. The van der Waals surface area contributed by atoms with Crippen molar-refractivity contribution in [2.24, 2.45) is 0 Å². The summed E-state index contributed by atoms with van der Waals surface area (Å²) in [5.74, 6) is 0.539. The topological polar surface area (TPSA) is 29.5 Å². The van der Waals surface area contributed by atoms with E-state index in [0.717, 1.165) is 45.2 Å². The van der Waals surface area contributed by atoms with Gasteiger partial charge in [0.05, 0.1) is 0 Å². The van der Waals surface area contributed by atoms with Crippen molar-refractivity contribution in [3.63, 3.8) is 0 Å². The number of ether oxygens (including phenoxy) is 1. The molecule has 2 aliphatic rings. The Kier molecular flexibility index (Phi) is 5.60. The van der Waals surface area contributed by atoms with E-state index in [2.05, 4.69) is 42.2 Å². The molecule has 0 unspecified atom stereocenters. The average molecular weight is 329 g/mol. The molecule has 3 rings (SSSR count). The fourth-order valence-electron chi connectivity index (χ4n) is 4.66. The number of hydrogen-bond acceptors (Lipinski definition) is 3. The number of carbonyl (C=O) groups excluding carboxylic acids is 1. The molecule has 0 bridgehead atoms. The third kappa shape index (κ3) is 4.00. The number of hydrogen-bond donors (Lipinski definition) is 0. The van der Waals surface area contributed by atoms with Crippen LogP contribution in [0.15, 0.2) is 30.3 Å². The Bertz CT molecular complexity index is 544. The Balaban J connectivity index is 1.66. The highest BCUT2D eigenvalue weighted by molar-refractivity contribution is 5.66. The van der Waals surface area contributed by atoms with Crippen LogP contribution < -0.4 is 0 Å².